The number of aromatic hydroxyl groups is 1. The van der Waals surface area contributed by atoms with Crippen LogP contribution in [0.3, 0.4) is 0 Å². The van der Waals surface area contributed by atoms with Crippen LogP contribution in [0.25, 0.3) is 11.3 Å². The molecule has 126 valence electrons. The summed E-state index contributed by atoms with van der Waals surface area (Å²) in [6.45, 7) is 4.72. The molecule has 2 aromatic heterocycles. The number of benzene rings is 1. The molecule has 0 bridgehead atoms. The van der Waals surface area contributed by atoms with E-state index in [1.165, 1.54) is 0 Å². The molecule has 0 aliphatic carbocycles. The Labute approximate surface area is 140 Å². The molecule has 0 fully saturated rings. The maximum Gasteiger partial charge on any atom is 0.125 e. The molecule has 1 aromatic carbocycles. The van der Waals surface area contributed by atoms with E-state index < -0.39 is 0 Å². The quantitative estimate of drug-likeness (QED) is 0.648. The fraction of sp³-hybridized carbons (Fsp3) is 0.278. The number of hydrogen-bond acceptors (Lipinski definition) is 5. The van der Waals surface area contributed by atoms with Crippen molar-refractivity contribution in [3.05, 3.63) is 53.5 Å². The summed E-state index contributed by atoms with van der Waals surface area (Å²) >= 11 is 0. The largest absolute Gasteiger partial charge is 0.508 e. The van der Waals surface area contributed by atoms with Gasteiger partial charge in [0.05, 0.1) is 25.1 Å². The van der Waals surface area contributed by atoms with Crippen LogP contribution >= 0.6 is 0 Å². The maximum atomic E-state index is 9.96. The molecule has 6 nitrogen and oxygen atoms in total. The zero-order chi connectivity index (χ0) is 17.1. The minimum Gasteiger partial charge on any atom is -0.508 e. The highest BCUT2D eigenvalue weighted by Crippen LogP contribution is 2.27. The summed E-state index contributed by atoms with van der Waals surface area (Å²) in [7, 11) is 0. The van der Waals surface area contributed by atoms with Gasteiger partial charge in [0.15, 0.2) is 0 Å². The van der Waals surface area contributed by atoms with Gasteiger partial charge in [-0.2, -0.15) is 5.10 Å². The number of phenols is 1. The Balaban J connectivity index is 1.85. The van der Waals surface area contributed by atoms with Gasteiger partial charge in [-0.3, -0.25) is 0 Å². The average Bonchev–Trinajstić information content (AvgIpc) is 3.15. The first kappa shape index (κ1) is 16.1. The van der Waals surface area contributed by atoms with Gasteiger partial charge in [-0.25, -0.2) is 4.68 Å². The van der Waals surface area contributed by atoms with E-state index in [9.17, 15) is 10.2 Å². The summed E-state index contributed by atoms with van der Waals surface area (Å²) in [5.74, 6) is 1.83. The van der Waals surface area contributed by atoms with Crippen LogP contribution in [0, 0.1) is 13.8 Å². The number of nitrogens with one attached hydrogen (secondary N) is 1. The van der Waals surface area contributed by atoms with Crippen LogP contribution in [0.1, 0.15) is 16.9 Å². The van der Waals surface area contributed by atoms with Crippen LogP contribution in [-0.4, -0.2) is 26.6 Å². The molecule has 0 atom stereocenters. The third-order valence-corrected chi connectivity index (χ3v) is 3.92. The number of nitrogens with zero attached hydrogens (tertiary/aromatic N) is 2. The van der Waals surface area contributed by atoms with E-state index in [0.717, 1.165) is 34.0 Å². The van der Waals surface area contributed by atoms with Gasteiger partial charge in [-0.1, -0.05) is 17.7 Å². The first-order valence-corrected chi connectivity index (χ1v) is 7.84. The van der Waals surface area contributed by atoms with Crippen molar-refractivity contribution in [3.63, 3.8) is 0 Å². The lowest BCUT2D eigenvalue weighted by atomic mass is 10.1. The number of aliphatic hydroxyl groups is 1. The number of aryl methyl sites for hydroxylation is 2. The topological polar surface area (TPSA) is 83.5 Å². The minimum atomic E-state index is -0.00410. The second-order valence-electron chi connectivity index (χ2n) is 5.74. The zero-order valence-electron chi connectivity index (χ0n) is 13.8. The molecule has 3 aromatic rings. The summed E-state index contributed by atoms with van der Waals surface area (Å²) < 4.78 is 7.05. The number of aromatic nitrogens is 2. The van der Waals surface area contributed by atoms with E-state index in [-0.39, 0.29) is 12.4 Å². The molecule has 3 N–H and O–H groups in total. The third-order valence-electron chi connectivity index (χ3n) is 3.92. The number of hydrogen-bond donors (Lipinski definition) is 3. The first-order valence-electron chi connectivity index (χ1n) is 7.84. The second-order valence-corrected chi connectivity index (χ2v) is 5.74. The van der Waals surface area contributed by atoms with Crippen molar-refractivity contribution < 1.29 is 14.6 Å². The van der Waals surface area contributed by atoms with Crippen LogP contribution in [0.2, 0.25) is 0 Å². The van der Waals surface area contributed by atoms with Gasteiger partial charge < -0.3 is 19.9 Å². The lowest BCUT2D eigenvalue weighted by Gasteiger charge is -2.10. The van der Waals surface area contributed by atoms with Crippen molar-refractivity contribution in [1.82, 2.24) is 9.78 Å². The van der Waals surface area contributed by atoms with Crippen molar-refractivity contribution >= 4 is 5.82 Å². The summed E-state index contributed by atoms with van der Waals surface area (Å²) in [5.41, 5.74) is 3.61. The van der Waals surface area contributed by atoms with E-state index in [1.54, 1.807) is 17.0 Å². The molecule has 0 aliphatic rings. The predicted octanol–water partition coefficient (Wildman–Crippen LogP) is 3.07. The number of phenolic OH excluding ortho intramolecular Hbond substituents is 1. The molecule has 0 spiro atoms. The van der Waals surface area contributed by atoms with Crippen LogP contribution in [0.5, 0.6) is 5.75 Å². The molecule has 0 saturated heterocycles. The molecule has 0 saturated carbocycles. The van der Waals surface area contributed by atoms with Crippen molar-refractivity contribution in [2.24, 2.45) is 0 Å². The van der Waals surface area contributed by atoms with E-state index >= 15 is 0 Å². The van der Waals surface area contributed by atoms with E-state index in [0.29, 0.717) is 13.1 Å². The molecule has 0 amide bonds. The molecule has 0 unspecified atom stereocenters. The summed E-state index contributed by atoms with van der Waals surface area (Å²) in [6.07, 6.45) is 1.63. The summed E-state index contributed by atoms with van der Waals surface area (Å²) in [5, 5.41) is 27.0. The fourth-order valence-electron chi connectivity index (χ4n) is 2.65. The summed E-state index contributed by atoms with van der Waals surface area (Å²) in [6, 6.07) is 9.29. The third kappa shape index (κ3) is 3.28. The summed E-state index contributed by atoms with van der Waals surface area (Å²) in [4.78, 5) is 0. The van der Waals surface area contributed by atoms with Crippen molar-refractivity contribution in [1.29, 1.82) is 0 Å². The van der Waals surface area contributed by atoms with Gasteiger partial charge in [0.25, 0.3) is 0 Å². The van der Waals surface area contributed by atoms with E-state index in [4.69, 9.17) is 4.42 Å². The average molecular weight is 327 g/mol. The van der Waals surface area contributed by atoms with Crippen LogP contribution in [0.15, 0.2) is 41.0 Å². The standard InChI is InChI=1S/C18H21N3O3/c1-12-3-4-17(23)14(9-12)11-19-18-10-16(20-21(18)6-7-22)15-5-8-24-13(15)2/h3-5,8-10,19,22-23H,6-7,11H2,1-2H3. The zero-order valence-corrected chi connectivity index (χ0v) is 13.8. The second kappa shape index (κ2) is 6.80. The van der Waals surface area contributed by atoms with Gasteiger partial charge in [0.2, 0.25) is 0 Å². The number of aliphatic hydroxyl groups excluding tert-OH is 1. The van der Waals surface area contributed by atoms with Gasteiger partial charge in [-0.05, 0) is 26.0 Å². The molecule has 24 heavy (non-hydrogen) atoms. The Hall–Kier alpha value is -2.73. The lowest BCUT2D eigenvalue weighted by Crippen LogP contribution is -2.10. The van der Waals surface area contributed by atoms with Crippen molar-refractivity contribution in [3.8, 4) is 17.0 Å². The van der Waals surface area contributed by atoms with E-state index in [2.05, 4.69) is 10.4 Å². The number of anilines is 1. The van der Waals surface area contributed by atoms with Gasteiger partial charge in [0.1, 0.15) is 17.3 Å². The highest BCUT2D eigenvalue weighted by atomic mass is 16.3. The fourth-order valence-corrected chi connectivity index (χ4v) is 2.65. The Morgan fingerprint density at radius 3 is 2.75 bits per heavy atom. The molecular formula is C18H21N3O3. The molecule has 0 aliphatic heterocycles. The van der Waals surface area contributed by atoms with Crippen molar-refractivity contribution in [2.75, 3.05) is 11.9 Å². The van der Waals surface area contributed by atoms with Gasteiger partial charge in [0, 0.05) is 23.7 Å². The normalized spacial score (nSPS) is 11.0. The molecule has 3 rings (SSSR count). The number of rotatable bonds is 6. The monoisotopic (exact) mass is 327 g/mol. The maximum absolute atomic E-state index is 9.96. The number of furan rings is 1. The smallest absolute Gasteiger partial charge is 0.125 e. The highest BCUT2D eigenvalue weighted by Gasteiger charge is 2.13. The van der Waals surface area contributed by atoms with E-state index in [1.807, 2.05) is 38.1 Å². The Morgan fingerprint density at radius 1 is 1.21 bits per heavy atom. The predicted molar refractivity (Wildman–Crippen MR) is 91.9 cm³/mol. The van der Waals surface area contributed by atoms with Crippen LogP contribution in [0.4, 0.5) is 5.82 Å². The molecular weight excluding hydrogens is 306 g/mol. The van der Waals surface area contributed by atoms with Crippen molar-refractivity contribution in [2.45, 2.75) is 26.9 Å². The minimum absolute atomic E-state index is 0.00410. The SMILES string of the molecule is Cc1ccc(O)c(CNc2cc(-c3ccoc3C)nn2CCO)c1. The van der Waals surface area contributed by atoms with Gasteiger partial charge in [-0.15, -0.1) is 0 Å². The molecule has 2 heterocycles. The Bertz CT molecular complexity index is 836. The van der Waals surface area contributed by atoms with Crippen LogP contribution in [-0.2, 0) is 13.1 Å². The first-order chi connectivity index (χ1) is 11.6. The molecule has 6 heteroatoms. The van der Waals surface area contributed by atoms with Gasteiger partial charge >= 0.3 is 0 Å². The van der Waals surface area contributed by atoms with Crippen LogP contribution < -0.4 is 5.32 Å². The Morgan fingerprint density at radius 2 is 2.04 bits per heavy atom. The molecule has 0 radical (unpaired) electrons. The highest BCUT2D eigenvalue weighted by molar-refractivity contribution is 5.64. The Kier molecular flexibility index (Phi) is 4.57. The lowest BCUT2D eigenvalue weighted by molar-refractivity contribution is 0.270.